The molecule has 4 heteroatoms. The molecule has 0 bridgehead atoms. The Morgan fingerprint density at radius 1 is 1.42 bits per heavy atom. The Morgan fingerprint density at radius 3 is 2.79 bits per heavy atom. The van der Waals surface area contributed by atoms with E-state index in [1.165, 1.54) is 6.07 Å². The van der Waals surface area contributed by atoms with E-state index in [2.05, 4.69) is 17.2 Å². The van der Waals surface area contributed by atoms with E-state index >= 15 is 0 Å². The number of imidazole rings is 1. The Balaban J connectivity index is 2.33. The van der Waals surface area contributed by atoms with Gasteiger partial charge in [-0.3, -0.25) is 0 Å². The lowest BCUT2D eigenvalue weighted by Gasteiger charge is -2.17. The van der Waals surface area contributed by atoms with Crippen LogP contribution < -0.4 is 5.32 Å². The van der Waals surface area contributed by atoms with Crippen molar-refractivity contribution in [3.05, 3.63) is 53.4 Å². The minimum Gasteiger partial charge on any atom is -0.340 e. The molecule has 1 aromatic carbocycles. The predicted molar refractivity (Wildman–Crippen MR) is 74.5 cm³/mol. The molecule has 0 spiro atoms. The number of halogens is 1. The Hall–Kier alpha value is -1.68. The summed E-state index contributed by atoms with van der Waals surface area (Å²) in [7, 11) is 1.95. The van der Waals surface area contributed by atoms with Crippen molar-refractivity contribution in [1.29, 1.82) is 0 Å². The molecule has 1 heterocycles. The van der Waals surface area contributed by atoms with Crippen molar-refractivity contribution < 1.29 is 4.39 Å². The third-order valence-electron chi connectivity index (χ3n) is 3.13. The second-order valence-corrected chi connectivity index (χ2v) is 4.86. The molecule has 1 aromatic heterocycles. The number of hydrogen-bond donors (Lipinski definition) is 1. The van der Waals surface area contributed by atoms with Crippen LogP contribution >= 0.6 is 0 Å². The van der Waals surface area contributed by atoms with Crippen LogP contribution in [0.1, 0.15) is 36.2 Å². The fraction of sp³-hybridized carbons (Fsp3) is 0.400. The van der Waals surface area contributed by atoms with Crippen LogP contribution in [0.15, 0.2) is 30.7 Å². The maximum Gasteiger partial charge on any atom is 0.126 e. The second-order valence-electron chi connectivity index (χ2n) is 4.86. The van der Waals surface area contributed by atoms with Gasteiger partial charge in [-0.1, -0.05) is 19.1 Å². The molecule has 1 N–H and O–H groups in total. The van der Waals surface area contributed by atoms with E-state index < -0.39 is 0 Å². The van der Waals surface area contributed by atoms with E-state index in [9.17, 15) is 4.39 Å². The first-order valence-corrected chi connectivity index (χ1v) is 6.59. The van der Waals surface area contributed by atoms with Crippen molar-refractivity contribution in [2.45, 2.75) is 26.3 Å². The van der Waals surface area contributed by atoms with Gasteiger partial charge >= 0.3 is 0 Å². The second kappa shape index (κ2) is 5.97. The van der Waals surface area contributed by atoms with Crippen molar-refractivity contribution in [1.82, 2.24) is 14.9 Å². The van der Waals surface area contributed by atoms with Gasteiger partial charge in [-0.2, -0.15) is 0 Å². The zero-order valence-corrected chi connectivity index (χ0v) is 11.7. The summed E-state index contributed by atoms with van der Waals surface area (Å²) in [4.78, 5) is 4.40. The highest BCUT2D eigenvalue weighted by atomic mass is 19.1. The molecule has 0 aliphatic rings. The zero-order chi connectivity index (χ0) is 13.8. The molecule has 0 saturated carbocycles. The third kappa shape index (κ3) is 3.20. The summed E-state index contributed by atoms with van der Waals surface area (Å²) < 4.78 is 15.3. The van der Waals surface area contributed by atoms with Crippen LogP contribution in [0.3, 0.4) is 0 Å². The van der Waals surface area contributed by atoms with Crippen LogP contribution in [-0.4, -0.2) is 16.1 Å². The molecule has 0 fully saturated rings. The SMILES string of the molecule is CCCNC(c1ccc(F)c(C)c1)c1cn(C)cn1. The molecule has 19 heavy (non-hydrogen) atoms. The lowest BCUT2D eigenvalue weighted by Crippen LogP contribution is -2.23. The van der Waals surface area contributed by atoms with Crippen molar-refractivity contribution in [3.63, 3.8) is 0 Å². The summed E-state index contributed by atoms with van der Waals surface area (Å²) in [6.45, 7) is 4.81. The van der Waals surface area contributed by atoms with Crippen LogP contribution in [0.5, 0.6) is 0 Å². The van der Waals surface area contributed by atoms with Crippen molar-refractivity contribution in [3.8, 4) is 0 Å². The molecule has 0 aliphatic heterocycles. The first-order valence-electron chi connectivity index (χ1n) is 6.59. The molecule has 2 aromatic rings. The first-order chi connectivity index (χ1) is 9.11. The van der Waals surface area contributed by atoms with Crippen LogP contribution in [0.4, 0.5) is 4.39 Å². The van der Waals surface area contributed by atoms with Crippen molar-refractivity contribution in [2.75, 3.05) is 6.54 Å². The third-order valence-corrected chi connectivity index (χ3v) is 3.13. The van der Waals surface area contributed by atoms with Gasteiger partial charge < -0.3 is 9.88 Å². The number of hydrogen-bond acceptors (Lipinski definition) is 2. The molecule has 0 amide bonds. The highest BCUT2D eigenvalue weighted by Crippen LogP contribution is 2.22. The molecular formula is C15H20FN3. The van der Waals surface area contributed by atoms with Gasteiger partial charge in [0, 0.05) is 13.2 Å². The Morgan fingerprint density at radius 2 is 2.21 bits per heavy atom. The van der Waals surface area contributed by atoms with Gasteiger partial charge in [0.15, 0.2) is 0 Å². The molecule has 1 unspecified atom stereocenters. The summed E-state index contributed by atoms with van der Waals surface area (Å²) in [5, 5.41) is 3.46. The Kier molecular flexibility index (Phi) is 4.32. The number of nitrogens with one attached hydrogen (secondary N) is 1. The first kappa shape index (κ1) is 13.7. The summed E-state index contributed by atoms with van der Waals surface area (Å²) >= 11 is 0. The predicted octanol–water partition coefficient (Wildman–Crippen LogP) is 2.96. The van der Waals surface area contributed by atoms with E-state index in [-0.39, 0.29) is 11.9 Å². The van der Waals surface area contributed by atoms with Gasteiger partial charge in [-0.05, 0) is 37.1 Å². The standard InChI is InChI=1S/C15H20FN3/c1-4-7-17-15(14-9-19(3)10-18-14)12-5-6-13(16)11(2)8-12/h5-6,8-10,15,17H,4,7H2,1-3H3. The molecule has 0 saturated heterocycles. The van der Waals surface area contributed by atoms with E-state index in [1.54, 1.807) is 13.3 Å². The van der Waals surface area contributed by atoms with Crippen molar-refractivity contribution >= 4 is 0 Å². The van der Waals surface area contributed by atoms with Gasteiger partial charge in [-0.25, -0.2) is 9.37 Å². The zero-order valence-electron chi connectivity index (χ0n) is 11.7. The largest absolute Gasteiger partial charge is 0.340 e. The van der Waals surface area contributed by atoms with Crippen LogP contribution in [0.25, 0.3) is 0 Å². The molecule has 0 radical (unpaired) electrons. The van der Waals surface area contributed by atoms with Gasteiger partial charge in [0.1, 0.15) is 5.82 Å². The van der Waals surface area contributed by atoms with E-state index in [4.69, 9.17) is 0 Å². The molecule has 102 valence electrons. The van der Waals surface area contributed by atoms with Crippen LogP contribution in [-0.2, 0) is 7.05 Å². The van der Waals surface area contributed by atoms with Crippen LogP contribution in [0.2, 0.25) is 0 Å². The normalized spacial score (nSPS) is 12.6. The minimum atomic E-state index is -0.168. The highest BCUT2D eigenvalue weighted by molar-refractivity contribution is 5.31. The fourth-order valence-corrected chi connectivity index (χ4v) is 2.11. The molecular weight excluding hydrogens is 241 g/mol. The lowest BCUT2D eigenvalue weighted by atomic mass is 10.0. The molecule has 3 nitrogen and oxygen atoms in total. The topological polar surface area (TPSA) is 29.9 Å². The van der Waals surface area contributed by atoms with Gasteiger partial charge in [0.25, 0.3) is 0 Å². The average molecular weight is 261 g/mol. The fourth-order valence-electron chi connectivity index (χ4n) is 2.11. The number of aromatic nitrogens is 2. The Bertz CT molecular complexity index is 548. The average Bonchev–Trinajstić information content (AvgIpc) is 2.80. The number of aryl methyl sites for hydroxylation is 2. The molecule has 1 atom stereocenters. The van der Waals surface area contributed by atoms with Crippen LogP contribution in [0, 0.1) is 12.7 Å². The lowest BCUT2D eigenvalue weighted by molar-refractivity contribution is 0.581. The van der Waals surface area contributed by atoms with Crippen molar-refractivity contribution in [2.24, 2.45) is 7.05 Å². The number of benzene rings is 1. The quantitative estimate of drug-likeness (QED) is 0.896. The maximum atomic E-state index is 13.4. The van der Waals surface area contributed by atoms with Gasteiger partial charge in [0.2, 0.25) is 0 Å². The number of rotatable bonds is 5. The van der Waals surface area contributed by atoms with Gasteiger partial charge in [-0.15, -0.1) is 0 Å². The van der Waals surface area contributed by atoms with E-state index in [0.29, 0.717) is 5.56 Å². The summed E-state index contributed by atoms with van der Waals surface area (Å²) in [5.74, 6) is -0.168. The van der Waals surface area contributed by atoms with Gasteiger partial charge in [0.05, 0.1) is 18.1 Å². The monoisotopic (exact) mass is 261 g/mol. The highest BCUT2D eigenvalue weighted by Gasteiger charge is 2.16. The summed E-state index contributed by atoms with van der Waals surface area (Å²) in [6, 6.07) is 5.25. The molecule has 2 rings (SSSR count). The summed E-state index contributed by atoms with van der Waals surface area (Å²) in [6.07, 6.45) is 4.82. The smallest absolute Gasteiger partial charge is 0.126 e. The minimum absolute atomic E-state index is 0.0143. The maximum absolute atomic E-state index is 13.4. The Labute approximate surface area is 113 Å². The van der Waals surface area contributed by atoms with E-state index in [1.807, 2.05) is 29.9 Å². The van der Waals surface area contributed by atoms with E-state index in [0.717, 1.165) is 24.2 Å². The molecule has 0 aliphatic carbocycles. The number of nitrogens with zero attached hydrogens (tertiary/aromatic N) is 2. The summed E-state index contributed by atoms with van der Waals surface area (Å²) in [5.41, 5.74) is 2.67.